The van der Waals surface area contributed by atoms with Crippen LogP contribution in [0.2, 0.25) is 0 Å². The standard InChI is InChI=1S/C31H34N2O6/c1-37-29-16-24(11-12-28(29)39-20-21-5-7-22(8-6-21)23-9-10-23)25-18-33(19-25)31(36)27-17-26(13-14-32-27)38-15-3-2-4-30(34)35/h5-8,11-14,16-17,23,25H,2-4,9-10,15,18-20H2,1H3,(H,34,35). The maximum Gasteiger partial charge on any atom is 0.303 e. The number of rotatable bonds is 13. The molecule has 2 fully saturated rings. The lowest BCUT2D eigenvalue weighted by molar-refractivity contribution is -0.137. The Labute approximate surface area is 228 Å². The van der Waals surface area contributed by atoms with Gasteiger partial charge in [0.15, 0.2) is 11.5 Å². The van der Waals surface area contributed by atoms with Crippen LogP contribution in [0.3, 0.4) is 0 Å². The lowest BCUT2D eigenvalue weighted by atomic mass is 9.91. The van der Waals surface area contributed by atoms with Gasteiger partial charge in [-0.1, -0.05) is 30.3 Å². The predicted octanol–water partition coefficient (Wildman–Crippen LogP) is 5.42. The van der Waals surface area contributed by atoms with Crippen molar-refractivity contribution in [3.63, 3.8) is 0 Å². The summed E-state index contributed by atoms with van der Waals surface area (Å²) >= 11 is 0. The smallest absolute Gasteiger partial charge is 0.303 e. The van der Waals surface area contributed by atoms with Gasteiger partial charge in [0.05, 0.1) is 13.7 Å². The summed E-state index contributed by atoms with van der Waals surface area (Å²) in [5.74, 6) is 1.94. The first-order valence-electron chi connectivity index (χ1n) is 13.5. The van der Waals surface area contributed by atoms with Crippen molar-refractivity contribution >= 4 is 11.9 Å². The Morgan fingerprint density at radius 2 is 1.69 bits per heavy atom. The zero-order valence-electron chi connectivity index (χ0n) is 22.2. The number of ether oxygens (including phenoxy) is 3. The molecule has 8 heteroatoms. The number of carbonyl (C=O) groups is 2. The quantitative estimate of drug-likeness (QED) is 0.295. The number of pyridine rings is 1. The monoisotopic (exact) mass is 530 g/mol. The summed E-state index contributed by atoms with van der Waals surface area (Å²) in [6.45, 7) is 2.06. The third-order valence-electron chi connectivity index (χ3n) is 7.25. The molecule has 1 aliphatic heterocycles. The van der Waals surface area contributed by atoms with Crippen LogP contribution in [-0.4, -0.2) is 53.7 Å². The molecule has 1 aromatic heterocycles. The fraction of sp³-hybridized carbons (Fsp3) is 0.387. The number of likely N-dealkylation sites (tertiary alicyclic amines) is 1. The van der Waals surface area contributed by atoms with Gasteiger partial charge in [-0.2, -0.15) is 0 Å². The van der Waals surface area contributed by atoms with Crippen LogP contribution in [0.1, 0.15) is 71.1 Å². The minimum atomic E-state index is -0.813. The van der Waals surface area contributed by atoms with Crippen molar-refractivity contribution in [3.8, 4) is 17.2 Å². The van der Waals surface area contributed by atoms with E-state index in [9.17, 15) is 9.59 Å². The number of carboxylic acid groups (broad SMARTS) is 1. The van der Waals surface area contributed by atoms with Crippen molar-refractivity contribution in [2.24, 2.45) is 0 Å². The van der Waals surface area contributed by atoms with Crippen LogP contribution >= 0.6 is 0 Å². The van der Waals surface area contributed by atoms with Gasteiger partial charge in [0.1, 0.15) is 18.1 Å². The van der Waals surface area contributed by atoms with Gasteiger partial charge in [0, 0.05) is 37.7 Å². The number of unbranched alkanes of at least 4 members (excludes halogenated alkanes) is 1. The summed E-state index contributed by atoms with van der Waals surface area (Å²) < 4.78 is 17.3. The van der Waals surface area contributed by atoms with E-state index in [0.29, 0.717) is 62.1 Å². The van der Waals surface area contributed by atoms with Gasteiger partial charge in [-0.05, 0) is 66.5 Å². The Bertz CT molecular complexity index is 1300. The van der Waals surface area contributed by atoms with Crippen molar-refractivity contribution in [3.05, 3.63) is 83.2 Å². The first-order chi connectivity index (χ1) is 19.0. The minimum absolute atomic E-state index is 0.121. The van der Waals surface area contributed by atoms with E-state index in [1.165, 1.54) is 18.4 Å². The number of amides is 1. The molecule has 0 atom stereocenters. The Hall–Kier alpha value is -4.07. The summed E-state index contributed by atoms with van der Waals surface area (Å²) in [4.78, 5) is 29.6. The van der Waals surface area contributed by atoms with Gasteiger partial charge in [0.25, 0.3) is 5.91 Å². The highest BCUT2D eigenvalue weighted by molar-refractivity contribution is 5.93. The molecular weight excluding hydrogens is 496 g/mol. The summed E-state index contributed by atoms with van der Waals surface area (Å²) in [5, 5.41) is 8.72. The Morgan fingerprint density at radius 1 is 0.923 bits per heavy atom. The second-order valence-electron chi connectivity index (χ2n) is 10.2. The molecule has 8 nitrogen and oxygen atoms in total. The van der Waals surface area contributed by atoms with E-state index in [2.05, 4.69) is 29.2 Å². The van der Waals surface area contributed by atoms with Crippen LogP contribution in [-0.2, 0) is 11.4 Å². The fourth-order valence-electron chi connectivity index (χ4n) is 4.72. The second-order valence-corrected chi connectivity index (χ2v) is 10.2. The molecule has 2 aliphatic rings. The highest BCUT2D eigenvalue weighted by Gasteiger charge is 2.33. The number of carbonyl (C=O) groups excluding carboxylic acids is 1. The van der Waals surface area contributed by atoms with Gasteiger partial charge in [-0.15, -0.1) is 0 Å². The largest absolute Gasteiger partial charge is 0.493 e. The Balaban J connectivity index is 1.11. The van der Waals surface area contributed by atoms with Gasteiger partial charge in [-0.25, -0.2) is 0 Å². The van der Waals surface area contributed by atoms with E-state index in [1.807, 2.05) is 18.2 Å². The first-order valence-corrected chi connectivity index (χ1v) is 13.5. The number of nitrogens with zero attached hydrogens (tertiary/aromatic N) is 2. The first kappa shape index (κ1) is 26.5. The van der Waals surface area contributed by atoms with E-state index in [-0.39, 0.29) is 18.2 Å². The number of methoxy groups -OCH3 is 1. The van der Waals surface area contributed by atoms with E-state index in [1.54, 1.807) is 30.3 Å². The molecule has 0 spiro atoms. The molecule has 39 heavy (non-hydrogen) atoms. The number of carboxylic acids is 1. The molecule has 1 saturated heterocycles. The van der Waals surface area contributed by atoms with E-state index < -0.39 is 5.97 Å². The predicted molar refractivity (Wildman–Crippen MR) is 146 cm³/mol. The zero-order chi connectivity index (χ0) is 27.2. The van der Waals surface area contributed by atoms with Crippen LogP contribution < -0.4 is 14.2 Å². The molecule has 0 radical (unpaired) electrons. The Morgan fingerprint density at radius 3 is 2.41 bits per heavy atom. The SMILES string of the molecule is COc1cc(C2CN(C(=O)c3cc(OCCCCC(=O)O)ccn3)C2)ccc1OCc1ccc(C2CC2)cc1. The Kier molecular flexibility index (Phi) is 8.30. The number of benzene rings is 2. The molecule has 1 saturated carbocycles. The lowest BCUT2D eigenvalue weighted by Crippen LogP contribution is -2.48. The molecule has 0 bridgehead atoms. The molecule has 1 N–H and O–H groups in total. The molecule has 2 aromatic carbocycles. The molecule has 3 aromatic rings. The van der Waals surface area contributed by atoms with Crippen LogP contribution in [0.15, 0.2) is 60.8 Å². The second kappa shape index (κ2) is 12.2. The van der Waals surface area contributed by atoms with Crippen molar-refractivity contribution in [1.29, 1.82) is 0 Å². The lowest BCUT2D eigenvalue weighted by Gasteiger charge is -2.39. The zero-order valence-corrected chi connectivity index (χ0v) is 22.2. The third kappa shape index (κ3) is 6.88. The molecule has 5 rings (SSSR count). The topological polar surface area (TPSA) is 98.2 Å². The van der Waals surface area contributed by atoms with Crippen LogP contribution in [0.5, 0.6) is 17.2 Å². The molecular formula is C31H34N2O6. The van der Waals surface area contributed by atoms with Gasteiger partial charge < -0.3 is 24.2 Å². The fourth-order valence-corrected chi connectivity index (χ4v) is 4.72. The van der Waals surface area contributed by atoms with E-state index in [4.69, 9.17) is 19.3 Å². The average Bonchev–Trinajstić information content (AvgIpc) is 3.77. The average molecular weight is 531 g/mol. The number of hydrogen-bond donors (Lipinski definition) is 1. The maximum atomic E-state index is 13.0. The van der Waals surface area contributed by atoms with Crippen molar-refractivity contribution in [2.75, 3.05) is 26.8 Å². The summed E-state index contributed by atoms with van der Waals surface area (Å²) in [6.07, 6.45) is 5.45. The molecule has 204 valence electrons. The molecule has 1 aliphatic carbocycles. The minimum Gasteiger partial charge on any atom is -0.493 e. The molecule has 0 unspecified atom stereocenters. The summed E-state index contributed by atoms with van der Waals surface area (Å²) in [5.41, 5.74) is 3.97. The maximum absolute atomic E-state index is 13.0. The third-order valence-corrected chi connectivity index (χ3v) is 7.25. The van der Waals surface area contributed by atoms with Crippen molar-refractivity contribution < 1.29 is 28.9 Å². The number of aromatic nitrogens is 1. The van der Waals surface area contributed by atoms with Crippen LogP contribution in [0.25, 0.3) is 0 Å². The van der Waals surface area contributed by atoms with Crippen LogP contribution in [0, 0.1) is 0 Å². The van der Waals surface area contributed by atoms with Crippen molar-refractivity contribution in [2.45, 2.75) is 50.5 Å². The highest BCUT2D eigenvalue weighted by atomic mass is 16.5. The summed E-state index contributed by atoms with van der Waals surface area (Å²) in [6, 6.07) is 18.0. The number of hydrogen-bond acceptors (Lipinski definition) is 6. The van der Waals surface area contributed by atoms with Gasteiger partial charge in [-0.3, -0.25) is 14.6 Å². The molecule has 1 amide bonds. The van der Waals surface area contributed by atoms with Gasteiger partial charge >= 0.3 is 5.97 Å². The molecule has 2 heterocycles. The summed E-state index contributed by atoms with van der Waals surface area (Å²) in [7, 11) is 1.64. The van der Waals surface area contributed by atoms with E-state index in [0.717, 1.165) is 17.0 Å². The van der Waals surface area contributed by atoms with Crippen LogP contribution in [0.4, 0.5) is 0 Å². The van der Waals surface area contributed by atoms with E-state index >= 15 is 0 Å². The van der Waals surface area contributed by atoms with Gasteiger partial charge in [0.2, 0.25) is 0 Å². The van der Waals surface area contributed by atoms with Crippen molar-refractivity contribution in [1.82, 2.24) is 9.88 Å². The normalized spacial score (nSPS) is 14.9. The number of aliphatic carboxylic acids is 1. The highest BCUT2D eigenvalue weighted by Crippen LogP contribution is 2.40.